The zero-order chi connectivity index (χ0) is 21.6. The van der Waals surface area contributed by atoms with E-state index in [0.717, 1.165) is 59.4 Å². The van der Waals surface area contributed by atoms with Crippen LogP contribution in [-0.4, -0.2) is 30.5 Å². The lowest BCUT2D eigenvalue weighted by Crippen LogP contribution is -2.54. The topological polar surface area (TPSA) is 40.2 Å². The Labute approximate surface area is 197 Å². The molecule has 9 fully saturated rings. The Morgan fingerprint density at radius 3 is 1.64 bits per heavy atom. The summed E-state index contributed by atoms with van der Waals surface area (Å²) < 4.78 is 25.5. The molecule has 8 aliphatic carbocycles. The van der Waals surface area contributed by atoms with Crippen LogP contribution in [0.2, 0.25) is 0 Å². The number of epoxide rings is 1. The molecule has 8 saturated carbocycles. The molecule has 8 bridgehead atoms. The van der Waals surface area contributed by atoms with E-state index < -0.39 is 0 Å². The first kappa shape index (κ1) is 19.8. The van der Waals surface area contributed by atoms with Crippen molar-refractivity contribution in [3.05, 3.63) is 18.2 Å². The number of rotatable bonds is 7. The fourth-order valence-corrected chi connectivity index (χ4v) is 9.89. The van der Waals surface area contributed by atoms with Crippen molar-refractivity contribution in [2.45, 2.75) is 94.4 Å². The van der Waals surface area contributed by atoms with E-state index in [0.29, 0.717) is 6.61 Å². The Hall–Kier alpha value is -1.42. The second-order valence-corrected chi connectivity index (χ2v) is 13.3. The Morgan fingerprint density at radius 2 is 1.15 bits per heavy atom. The van der Waals surface area contributed by atoms with Crippen LogP contribution in [0.3, 0.4) is 0 Å². The smallest absolute Gasteiger partial charge is 0.165 e. The normalized spacial score (nSPS) is 48.2. The van der Waals surface area contributed by atoms with Crippen LogP contribution in [0.5, 0.6) is 17.2 Å². The van der Waals surface area contributed by atoms with Crippen LogP contribution in [0.1, 0.15) is 77.0 Å². The summed E-state index contributed by atoms with van der Waals surface area (Å²) in [6.07, 6.45) is 16.3. The Kier molecular flexibility index (Phi) is 4.24. The van der Waals surface area contributed by atoms with Crippen molar-refractivity contribution >= 4 is 0 Å². The second kappa shape index (κ2) is 7.06. The lowest BCUT2D eigenvalue weighted by Gasteiger charge is -2.56. The first-order chi connectivity index (χ1) is 16.1. The van der Waals surface area contributed by atoms with Crippen molar-refractivity contribution in [2.75, 3.05) is 13.2 Å². The monoisotopic (exact) mass is 450 g/mol. The molecule has 1 heterocycles. The minimum Gasteiger partial charge on any atom is -0.487 e. The number of hydrogen-bond acceptors (Lipinski definition) is 4. The number of hydrogen-bond donors (Lipinski definition) is 0. The first-order valence-electron chi connectivity index (χ1n) is 13.9. The third-order valence-corrected chi connectivity index (χ3v) is 10.4. The molecule has 1 atom stereocenters. The first-order valence-corrected chi connectivity index (χ1v) is 13.9. The highest BCUT2D eigenvalue weighted by molar-refractivity contribution is 5.46. The maximum absolute atomic E-state index is 7.01. The zero-order valence-electron chi connectivity index (χ0n) is 19.8. The summed E-state index contributed by atoms with van der Waals surface area (Å²) in [4.78, 5) is 0. The van der Waals surface area contributed by atoms with Gasteiger partial charge in [0, 0.05) is 6.07 Å². The molecule has 0 radical (unpaired) electrons. The fourth-order valence-electron chi connectivity index (χ4n) is 9.89. The van der Waals surface area contributed by atoms with E-state index in [2.05, 4.69) is 18.2 Å². The van der Waals surface area contributed by atoms with E-state index in [4.69, 9.17) is 18.9 Å². The molecule has 1 aliphatic heterocycles. The van der Waals surface area contributed by atoms with E-state index in [1.165, 1.54) is 77.0 Å². The number of benzene rings is 1. The van der Waals surface area contributed by atoms with Gasteiger partial charge in [-0.05, 0) is 125 Å². The van der Waals surface area contributed by atoms with Gasteiger partial charge in [0.1, 0.15) is 29.7 Å². The molecule has 4 nitrogen and oxygen atoms in total. The molecule has 178 valence electrons. The van der Waals surface area contributed by atoms with Gasteiger partial charge in [0.25, 0.3) is 0 Å². The average molecular weight is 451 g/mol. The Balaban J connectivity index is 1.08. The molecule has 1 unspecified atom stereocenters. The summed E-state index contributed by atoms with van der Waals surface area (Å²) >= 11 is 0. The highest BCUT2D eigenvalue weighted by Gasteiger charge is 2.54. The number of ether oxygens (including phenoxy) is 4. The molecule has 0 spiro atoms. The predicted octanol–water partition coefficient (Wildman–Crippen LogP) is 6.16. The molecular weight excluding hydrogens is 412 g/mol. The molecule has 1 saturated heterocycles. The molecule has 10 rings (SSSR count). The van der Waals surface area contributed by atoms with Gasteiger partial charge in [0.15, 0.2) is 11.5 Å². The molecular formula is C29H38O4. The van der Waals surface area contributed by atoms with Crippen molar-refractivity contribution < 1.29 is 18.9 Å². The maximum atomic E-state index is 7.01. The minimum atomic E-state index is 0.0161. The van der Waals surface area contributed by atoms with Crippen LogP contribution in [0, 0.1) is 35.5 Å². The summed E-state index contributed by atoms with van der Waals surface area (Å²) in [5.74, 6) is 8.05. The summed E-state index contributed by atoms with van der Waals surface area (Å²) in [7, 11) is 0. The van der Waals surface area contributed by atoms with Crippen LogP contribution >= 0.6 is 0 Å². The molecule has 9 aliphatic rings. The van der Waals surface area contributed by atoms with E-state index in [1.54, 1.807) is 0 Å². The van der Waals surface area contributed by atoms with Crippen molar-refractivity contribution in [2.24, 2.45) is 35.5 Å². The third kappa shape index (κ3) is 3.58. The van der Waals surface area contributed by atoms with Gasteiger partial charge in [-0.15, -0.1) is 0 Å². The molecule has 0 N–H and O–H groups in total. The van der Waals surface area contributed by atoms with E-state index >= 15 is 0 Å². The quantitative estimate of drug-likeness (QED) is 0.467. The third-order valence-electron chi connectivity index (χ3n) is 10.4. The van der Waals surface area contributed by atoms with Gasteiger partial charge in [-0.1, -0.05) is 0 Å². The highest BCUT2D eigenvalue weighted by Crippen LogP contribution is 2.59. The summed E-state index contributed by atoms with van der Waals surface area (Å²) in [5, 5.41) is 0. The molecule has 1 aromatic rings. The SMILES string of the molecule is c1cc(OCC2CO2)c(OC23CC4CC(CC(C4)C2)C3)cc1OC12CC3CC(CC(C3)C1)C2. The van der Waals surface area contributed by atoms with Crippen molar-refractivity contribution in [1.29, 1.82) is 0 Å². The Bertz CT molecular complexity index is 863. The maximum Gasteiger partial charge on any atom is 0.165 e. The molecule has 1 aromatic carbocycles. The summed E-state index contributed by atoms with van der Waals surface area (Å²) in [6.45, 7) is 1.44. The van der Waals surface area contributed by atoms with Gasteiger partial charge in [-0.2, -0.15) is 0 Å². The Morgan fingerprint density at radius 1 is 0.667 bits per heavy atom. The zero-order valence-corrected chi connectivity index (χ0v) is 19.8. The van der Waals surface area contributed by atoms with E-state index in [-0.39, 0.29) is 17.3 Å². The summed E-state index contributed by atoms with van der Waals surface area (Å²) in [5.41, 5.74) is 0.0825. The van der Waals surface area contributed by atoms with E-state index in [1.807, 2.05) is 0 Å². The van der Waals surface area contributed by atoms with Crippen molar-refractivity contribution in [3.63, 3.8) is 0 Å². The molecule has 0 amide bonds. The van der Waals surface area contributed by atoms with Gasteiger partial charge in [-0.25, -0.2) is 0 Å². The molecule has 33 heavy (non-hydrogen) atoms. The van der Waals surface area contributed by atoms with Crippen LogP contribution in [0.15, 0.2) is 18.2 Å². The van der Waals surface area contributed by atoms with Gasteiger partial charge >= 0.3 is 0 Å². The van der Waals surface area contributed by atoms with Gasteiger partial charge in [0.05, 0.1) is 6.61 Å². The average Bonchev–Trinajstić information content (AvgIpc) is 3.55. The predicted molar refractivity (Wildman–Crippen MR) is 125 cm³/mol. The molecule has 4 heteroatoms. The standard InChI is InChI=1S/C29H38O4/c1-2-26(31-17-25-16-30-25)27(33-29-13-21-6-22(14-29)8-23(7-21)15-29)9-24(1)32-28-10-18-3-19(11-28)5-20(4-18)12-28/h1-2,9,18-23,25H,3-8,10-17H2. The van der Waals surface area contributed by atoms with Crippen LogP contribution in [0.4, 0.5) is 0 Å². The van der Waals surface area contributed by atoms with Gasteiger partial charge < -0.3 is 18.9 Å². The summed E-state index contributed by atoms with van der Waals surface area (Å²) in [6, 6.07) is 6.42. The van der Waals surface area contributed by atoms with Crippen LogP contribution in [-0.2, 0) is 4.74 Å². The highest BCUT2D eigenvalue weighted by atomic mass is 16.6. The second-order valence-electron chi connectivity index (χ2n) is 13.3. The van der Waals surface area contributed by atoms with Crippen molar-refractivity contribution in [3.8, 4) is 17.2 Å². The lowest BCUT2D eigenvalue weighted by molar-refractivity contribution is -0.111. The van der Waals surface area contributed by atoms with Crippen LogP contribution in [0.25, 0.3) is 0 Å². The fraction of sp³-hybridized carbons (Fsp3) is 0.793. The lowest BCUT2D eigenvalue weighted by atomic mass is 9.54. The minimum absolute atomic E-state index is 0.0161. The van der Waals surface area contributed by atoms with Gasteiger partial charge in [-0.3, -0.25) is 0 Å². The van der Waals surface area contributed by atoms with Crippen molar-refractivity contribution in [1.82, 2.24) is 0 Å². The largest absolute Gasteiger partial charge is 0.487 e. The molecule has 0 aromatic heterocycles. The van der Waals surface area contributed by atoms with Gasteiger partial charge in [0.2, 0.25) is 0 Å². The van der Waals surface area contributed by atoms with Crippen LogP contribution < -0.4 is 14.2 Å². The van der Waals surface area contributed by atoms with E-state index in [9.17, 15) is 0 Å².